The summed E-state index contributed by atoms with van der Waals surface area (Å²) in [6, 6.07) is 15.2. The minimum absolute atomic E-state index is 0.123. The SMILES string of the molecule is C=C(N[C@H]1CCCc2cc(C(=NC)NC)ccc21)c1cc(C(=C)NCc2ccc(C)c(C)c2)n(C)c(C)nnc(C)n1. The highest BCUT2D eigenvalue weighted by molar-refractivity contribution is 5.98. The number of benzene rings is 2. The first kappa shape index (κ1) is 30.5. The van der Waals surface area contributed by atoms with Gasteiger partial charge < -0.3 is 20.5 Å². The first-order chi connectivity index (χ1) is 20.1. The van der Waals surface area contributed by atoms with Gasteiger partial charge in [0.15, 0.2) is 0 Å². The van der Waals surface area contributed by atoms with Crippen LogP contribution in [0.1, 0.15) is 75.3 Å². The minimum Gasteiger partial charge on any atom is -0.380 e. The molecular weight excluding hydrogens is 520 g/mol. The molecule has 3 N–H and O–H groups in total. The predicted molar refractivity (Wildman–Crippen MR) is 174 cm³/mol. The minimum atomic E-state index is 0.123. The second-order valence-electron chi connectivity index (χ2n) is 10.9. The Kier molecular flexibility index (Phi) is 9.78. The summed E-state index contributed by atoms with van der Waals surface area (Å²) >= 11 is 0. The van der Waals surface area contributed by atoms with Crippen molar-refractivity contribution >= 4 is 17.2 Å². The molecule has 8 heteroatoms. The van der Waals surface area contributed by atoms with Crippen LogP contribution < -0.4 is 16.0 Å². The van der Waals surface area contributed by atoms with Crippen molar-refractivity contribution in [1.29, 1.82) is 0 Å². The van der Waals surface area contributed by atoms with Crippen molar-refractivity contribution in [2.24, 2.45) is 12.0 Å². The topological polar surface area (TPSA) is 92.1 Å². The monoisotopic (exact) mass is 564 g/mol. The molecule has 8 nitrogen and oxygen atoms in total. The zero-order valence-electron chi connectivity index (χ0n) is 26.1. The van der Waals surface area contributed by atoms with Crippen molar-refractivity contribution in [3.63, 3.8) is 0 Å². The number of aryl methyl sites for hydroxylation is 5. The van der Waals surface area contributed by atoms with Gasteiger partial charge in [-0.2, -0.15) is 0 Å². The number of aromatic nitrogens is 4. The Bertz CT molecular complexity index is 1580. The highest BCUT2D eigenvalue weighted by Gasteiger charge is 2.22. The summed E-state index contributed by atoms with van der Waals surface area (Å²) in [4.78, 5) is 9.19. The summed E-state index contributed by atoms with van der Waals surface area (Å²) < 4.78 is 1.98. The van der Waals surface area contributed by atoms with Crippen molar-refractivity contribution in [3.8, 4) is 0 Å². The number of hydrogen-bond acceptors (Lipinski definition) is 6. The molecule has 0 spiro atoms. The van der Waals surface area contributed by atoms with Crippen LogP contribution in [-0.2, 0) is 20.0 Å². The molecule has 0 saturated carbocycles. The van der Waals surface area contributed by atoms with Gasteiger partial charge in [0.25, 0.3) is 0 Å². The Labute approximate surface area is 250 Å². The first-order valence-electron chi connectivity index (χ1n) is 14.5. The van der Waals surface area contributed by atoms with Crippen molar-refractivity contribution < 1.29 is 0 Å². The molecule has 0 radical (unpaired) electrons. The smallest absolute Gasteiger partial charge is 0.148 e. The van der Waals surface area contributed by atoms with Crippen LogP contribution in [0.4, 0.5) is 0 Å². The predicted octanol–water partition coefficient (Wildman–Crippen LogP) is 5.56. The van der Waals surface area contributed by atoms with Gasteiger partial charge in [-0.25, -0.2) is 4.98 Å². The standard InChI is InChI=1S/C34H44N8/c1-21-13-14-27(17-22(21)2)20-37-24(4)33-19-32(39-25(5)40-41-26(6)42(33)9)23(3)38-31-12-10-11-28-18-29(15-16-30(28)31)34(35-7)36-8/h13-19,31,37-38H,3-4,10-12,20H2,1-2,5-9H3,(H,35,36)/t31-/m0/s1. The van der Waals surface area contributed by atoms with E-state index >= 15 is 0 Å². The van der Waals surface area contributed by atoms with Gasteiger partial charge in [-0.3, -0.25) is 4.99 Å². The molecule has 2 aromatic carbocycles. The number of amidine groups is 1. The first-order valence-corrected chi connectivity index (χ1v) is 14.5. The van der Waals surface area contributed by atoms with Gasteiger partial charge in [0.05, 0.1) is 28.8 Å². The molecule has 0 bridgehead atoms. The maximum Gasteiger partial charge on any atom is 0.148 e. The Morgan fingerprint density at radius 3 is 2.50 bits per heavy atom. The molecule has 0 unspecified atom stereocenters. The molecule has 1 atom stereocenters. The maximum atomic E-state index is 4.82. The number of nitrogens with one attached hydrogen (secondary N) is 3. The van der Waals surface area contributed by atoms with Gasteiger partial charge in [0.1, 0.15) is 17.5 Å². The van der Waals surface area contributed by atoms with Crippen LogP contribution in [0.2, 0.25) is 0 Å². The van der Waals surface area contributed by atoms with E-state index in [2.05, 4.69) is 94.5 Å². The fraction of sp³-hybridized carbons (Fsp3) is 0.353. The lowest BCUT2D eigenvalue weighted by molar-refractivity contribution is 0.519. The quantitative estimate of drug-likeness (QED) is 0.245. The van der Waals surface area contributed by atoms with E-state index in [9.17, 15) is 0 Å². The van der Waals surface area contributed by atoms with E-state index in [0.717, 1.165) is 53.6 Å². The zero-order valence-corrected chi connectivity index (χ0v) is 26.1. The molecule has 1 heterocycles. The van der Waals surface area contributed by atoms with Gasteiger partial charge in [-0.1, -0.05) is 43.5 Å². The maximum absolute atomic E-state index is 4.82. The number of aliphatic imine (C=N–C) groups is 1. The van der Waals surface area contributed by atoms with Gasteiger partial charge in [0.2, 0.25) is 0 Å². The van der Waals surface area contributed by atoms with E-state index in [1.165, 1.54) is 27.8 Å². The highest BCUT2D eigenvalue weighted by Crippen LogP contribution is 2.32. The lowest BCUT2D eigenvalue weighted by atomic mass is 9.86. The molecule has 0 amide bonds. The van der Waals surface area contributed by atoms with Gasteiger partial charge >= 0.3 is 0 Å². The van der Waals surface area contributed by atoms with Crippen LogP contribution in [0.25, 0.3) is 11.4 Å². The molecule has 4 rings (SSSR count). The number of fused-ring (bicyclic) bond motifs is 1. The molecule has 1 aliphatic carbocycles. The van der Waals surface area contributed by atoms with Gasteiger partial charge in [-0.05, 0) is 86.9 Å². The van der Waals surface area contributed by atoms with E-state index in [0.29, 0.717) is 18.1 Å². The van der Waals surface area contributed by atoms with Crippen LogP contribution in [0.3, 0.4) is 0 Å². The van der Waals surface area contributed by atoms with Gasteiger partial charge in [-0.15, -0.1) is 10.2 Å². The van der Waals surface area contributed by atoms with E-state index < -0.39 is 0 Å². The second-order valence-corrected chi connectivity index (χ2v) is 10.9. The number of rotatable bonds is 8. The van der Waals surface area contributed by atoms with Crippen LogP contribution in [0.15, 0.2) is 60.6 Å². The number of nitrogens with zero attached hydrogens (tertiary/aromatic N) is 5. The van der Waals surface area contributed by atoms with E-state index in [-0.39, 0.29) is 6.04 Å². The zero-order chi connectivity index (χ0) is 30.4. The third kappa shape index (κ3) is 7.05. The third-order valence-corrected chi connectivity index (χ3v) is 7.98. The summed E-state index contributed by atoms with van der Waals surface area (Å²) in [7, 11) is 5.67. The number of hydrogen-bond donors (Lipinski definition) is 3. The van der Waals surface area contributed by atoms with Crippen molar-refractivity contribution in [3.05, 3.63) is 112 Å². The van der Waals surface area contributed by atoms with Gasteiger partial charge in [0, 0.05) is 33.3 Å². The van der Waals surface area contributed by atoms with Crippen LogP contribution in [0, 0.1) is 27.7 Å². The van der Waals surface area contributed by atoms with Crippen LogP contribution in [0.5, 0.6) is 0 Å². The van der Waals surface area contributed by atoms with Crippen molar-refractivity contribution in [2.45, 2.75) is 59.5 Å². The molecule has 1 aromatic heterocycles. The lowest BCUT2D eigenvalue weighted by Gasteiger charge is -2.28. The molecule has 0 aliphatic heterocycles. The summed E-state index contributed by atoms with van der Waals surface area (Å²) in [6.07, 6.45) is 3.14. The fourth-order valence-electron chi connectivity index (χ4n) is 5.28. The van der Waals surface area contributed by atoms with E-state index in [1.807, 2.05) is 45.6 Å². The molecule has 1 aliphatic rings. The Balaban J connectivity index is 1.65. The summed E-state index contributed by atoms with van der Waals surface area (Å²) in [6.45, 7) is 17.5. The fourth-order valence-corrected chi connectivity index (χ4v) is 5.28. The molecule has 220 valence electrons. The Hall–Kier alpha value is -4.46. The molecular formula is C34H44N8. The van der Waals surface area contributed by atoms with Crippen LogP contribution >= 0.6 is 0 Å². The molecule has 0 fully saturated rings. The lowest BCUT2D eigenvalue weighted by Crippen LogP contribution is -2.25. The molecule has 0 saturated heterocycles. The van der Waals surface area contributed by atoms with E-state index in [4.69, 9.17) is 4.98 Å². The largest absolute Gasteiger partial charge is 0.380 e. The summed E-state index contributed by atoms with van der Waals surface area (Å²) in [5, 5.41) is 19.1. The van der Waals surface area contributed by atoms with Crippen molar-refractivity contribution in [2.75, 3.05) is 14.1 Å². The summed E-state index contributed by atoms with van der Waals surface area (Å²) in [5.41, 5.74) is 10.5. The summed E-state index contributed by atoms with van der Waals surface area (Å²) in [5.74, 6) is 2.18. The Morgan fingerprint density at radius 1 is 1.00 bits per heavy atom. The average molecular weight is 565 g/mol. The normalized spacial score (nSPS) is 14.5. The van der Waals surface area contributed by atoms with E-state index in [1.54, 1.807) is 0 Å². The average Bonchev–Trinajstić information content (AvgIpc) is 3.03. The molecule has 3 aromatic rings. The Morgan fingerprint density at radius 2 is 1.79 bits per heavy atom. The van der Waals surface area contributed by atoms with Crippen LogP contribution in [-0.4, -0.2) is 39.7 Å². The highest BCUT2D eigenvalue weighted by atomic mass is 15.2. The third-order valence-electron chi connectivity index (χ3n) is 7.98. The van der Waals surface area contributed by atoms with Crippen molar-refractivity contribution in [1.82, 2.24) is 35.7 Å². The second kappa shape index (κ2) is 13.5. The molecule has 42 heavy (non-hydrogen) atoms.